The molecular formula is C7H8O8. The fourth-order valence-corrected chi connectivity index (χ4v) is 0.603. The molecule has 0 aliphatic carbocycles. The number of aliphatic hydroxyl groups is 1. The van der Waals surface area contributed by atoms with E-state index in [0.29, 0.717) is 0 Å². The zero-order valence-electron chi connectivity index (χ0n) is 7.32. The van der Waals surface area contributed by atoms with Crippen LogP contribution >= 0.6 is 0 Å². The Hall–Kier alpha value is -1.96. The number of hydrogen-bond donors (Lipinski definition) is 3. The van der Waals surface area contributed by atoms with Gasteiger partial charge in [-0.2, -0.15) is 0 Å². The lowest BCUT2D eigenvalue weighted by Crippen LogP contribution is -2.34. The summed E-state index contributed by atoms with van der Waals surface area (Å²) in [5.41, 5.74) is 0. The third-order valence-corrected chi connectivity index (χ3v) is 1.26. The second-order valence-corrected chi connectivity index (χ2v) is 2.44. The van der Waals surface area contributed by atoms with Crippen LogP contribution < -0.4 is 0 Å². The smallest absolute Gasteiger partial charge is 0.345 e. The number of esters is 1. The lowest BCUT2D eigenvalue weighted by molar-refractivity contribution is -0.172. The summed E-state index contributed by atoms with van der Waals surface area (Å²) in [6.07, 6.45) is -5.15. The standard InChI is InChI=1S/C7H8O8/c8-2-3(9)7(14)15-4(6(12)13)1-5(10)11/h2-4,9H,1H2,(H,10,11)(H,12,13). The van der Waals surface area contributed by atoms with Crippen molar-refractivity contribution in [1.29, 1.82) is 0 Å². The number of rotatable bonds is 6. The zero-order chi connectivity index (χ0) is 12.0. The van der Waals surface area contributed by atoms with E-state index in [0.717, 1.165) is 0 Å². The molecule has 0 aromatic heterocycles. The second kappa shape index (κ2) is 5.70. The molecule has 0 saturated carbocycles. The molecule has 0 aliphatic heterocycles. The van der Waals surface area contributed by atoms with Crippen molar-refractivity contribution in [2.45, 2.75) is 18.6 Å². The minimum absolute atomic E-state index is 0.165. The Labute approximate surface area is 83.1 Å². The Morgan fingerprint density at radius 1 is 1.27 bits per heavy atom. The van der Waals surface area contributed by atoms with E-state index in [1.54, 1.807) is 0 Å². The fourth-order valence-electron chi connectivity index (χ4n) is 0.603. The van der Waals surface area contributed by atoms with Gasteiger partial charge in [0, 0.05) is 0 Å². The third-order valence-electron chi connectivity index (χ3n) is 1.26. The van der Waals surface area contributed by atoms with Gasteiger partial charge >= 0.3 is 17.9 Å². The Balaban J connectivity index is 4.41. The summed E-state index contributed by atoms with van der Waals surface area (Å²) in [6, 6.07) is 0. The summed E-state index contributed by atoms with van der Waals surface area (Å²) in [5, 5.41) is 25.3. The molecule has 0 rings (SSSR count). The van der Waals surface area contributed by atoms with E-state index in [1.165, 1.54) is 0 Å². The van der Waals surface area contributed by atoms with Gasteiger partial charge in [-0.25, -0.2) is 9.59 Å². The van der Waals surface area contributed by atoms with Gasteiger partial charge in [-0.15, -0.1) is 0 Å². The summed E-state index contributed by atoms with van der Waals surface area (Å²) < 4.78 is 4.07. The summed E-state index contributed by atoms with van der Waals surface area (Å²) in [7, 11) is 0. The van der Waals surface area contributed by atoms with Gasteiger partial charge in [-0.3, -0.25) is 9.59 Å². The molecule has 0 fully saturated rings. The van der Waals surface area contributed by atoms with Crippen molar-refractivity contribution in [2.75, 3.05) is 0 Å². The largest absolute Gasteiger partial charge is 0.481 e. The number of hydrogen-bond acceptors (Lipinski definition) is 6. The van der Waals surface area contributed by atoms with Crippen molar-refractivity contribution in [2.24, 2.45) is 0 Å². The van der Waals surface area contributed by atoms with Gasteiger partial charge in [-0.05, 0) is 0 Å². The van der Waals surface area contributed by atoms with Crippen molar-refractivity contribution in [1.82, 2.24) is 0 Å². The number of aliphatic hydroxyl groups excluding tert-OH is 1. The average Bonchev–Trinajstić information content (AvgIpc) is 2.14. The van der Waals surface area contributed by atoms with Gasteiger partial charge in [0.25, 0.3) is 0 Å². The lowest BCUT2D eigenvalue weighted by Gasteiger charge is -2.12. The predicted octanol–water partition coefficient (Wildman–Crippen LogP) is -1.98. The molecule has 0 aromatic carbocycles. The molecule has 0 spiro atoms. The molecule has 0 amide bonds. The van der Waals surface area contributed by atoms with Gasteiger partial charge in [0.2, 0.25) is 12.2 Å². The van der Waals surface area contributed by atoms with E-state index in [-0.39, 0.29) is 6.29 Å². The van der Waals surface area contributed by atoms with Crippen molar-refractivity contribution < 1.29 is 39.2 Å². The van der Waals surface area contributed by atoms with Crippen LogP contribution in [0.1, 0.15) is 6.42 Å². The van der Waals surface area contributed by atoms with E-state index in [2.05, 4.69) is 4.74 Å². The highest BCUT2D eigenvalue weighted by Gasteiger charge is 2.28. The van der Waals surface area contributed by atoms with Gasteiger partial charge < -0.3 is 20.1 Å². The first-order chi connectivity index (χ1) is 6.88. The van der Waals surface area contributed by atoms with Gasteiger partial charge in [0.15, 0.2) is 6.29 Å². The Kier molecular flexibility index (Phi) is 4.96. The predicted molar refractivity (Wildman–Crippen MR) is 41.8 cm³/mol. The third kappa shape index (κ3) is 4.72. The van der Waals surface area contributed by atoms with Gasteiger partial charge in [0.05, 0.1) is 6.42 Å². The molecule has 2 unspecified atom stereocenters. The molecule has 8 heteroatoms. The molecule has 0 radical (unpaired) electrons. The highest BCUT2D eigenvalue weighted by Crippen LogP contribution is 2.01. The Morgan fingerprint density at radius 3 is 2.13 bits per heavy atom. The minimum atomic E-state index is -2.11. The number of aldehydes is 1. The maximum Gasteiger partial charge on any atom is 0.345 e. The van der Waals surface area contributed by atoms with Crippen LogP contribution in [0, 0.1) is 0 Å². The summed E-state index contributed by atoms with van der Waals surface area (Å²) >= 11 is 0. The number of ether oxygens (including phenoxy) is 1. The fraction of sp³-hybridized carbons (Fsp3) is 0.429. The average molecular weight is 220 g/mol. The van der Waals surface area contributed by atoms with Crippen LogP contribution in [0.15, 0.2) is 0 Å². The highest BCUT2D eigenvalue weighted by molar-refractivity contribution is 5.92. The minimum Gasteiger partial charge on any atom is -0.481 e. The SMILES string of the molecule is O=CC(O)C(=O)OC(CC(=O)O)C(=O)O. The molecule has 0 bridgehead atoms. The first-order valence-electron chi connectivity index (χ1n) is 3.67. The van der Waals surface area contributed by atoms with Gasteiger partial charge in [-0.1, -0.05) is 0 Å². The van der Waals surface area contributed by atoms with Crippen LogP contribution in [0.25, 0.3) is 0 Å². The second-order valence-electron chi connectivity index (χ2n) is 2.44. The molecule has 84 valence electrons. The maximum atomic E-state index is 10.7. The highest BCUT2D eigenvalue weighted by atomic mass is 16.6. The molecular weight excluding hydrogens is 212 g/mol. The number of carboxylic acids is 2. The molecule has 0 heterocycles. The van der Waals surface area contributed by atoms with Crippen molar-refractivity contribution >= 4 is 24.2 Å². The van der Waals surface area contributed by atoms with E-state index < -0.39 is 36.5 Å². The van der Waals surface area contributed by atoms with Crippen LogP contribution in [-0.4, -0.2) is 51.7 Å². The molecule has 3 N–H and O–H groups in total. The normalized spacial score (nSPS) is 13.7. The van der Waals surface area contributed by atoms with E-state index >= 15 is 0 Å². The maximum absolute atomic E-state index is 10.7. The summed E-state index contributed by atoms with van der Waals surface area (Å²) in [5.74, 6) is -4.67. The molecule has 15 heavy (non-hydrogen) atoms. The first-order valence-corrected chi connectivity index (χ1v) is 3.67. The Bertz CT molecular complexity index is 283. The van der Waals surface area contributed by atoms with E-state index in [1.807, 2.05) is 0 Å². The molecule has 0 aromatic rings. The monoisotopic (exact) mass is 220 g/mol. The van der Waals surface area contributed by atoms with Gasteiger partial charge in [0.1, 0.15) is 0 Å². The van der Waals surface area contributed by atoms with Crippen LogP contribution in [0.2, 0.25) is 0 Å². The van der Waals surface area contributed by atoms with Crippen molar-refractivity contribution in [3.63, 3.8) is 0 Å². The van der Waals surface area contributed by atoms with Crippen LogP contribution in [0.5, 0.6) is 0 Å². The number of carbonyl (C=O) groups is 4. The number of carbonyl (C=O) groups excluding carboxylic acids is 2. The van der Waals surface area contributed by atoms with E-state index in [4.69, 9.17) is 15.3 Å². The lowest BCUT2D eigenvalue weighted by atomic mass is 10.2. The number of carboxylic acid groups (broad SMARTS) is 2. The quantitative estimate of drug-likeness (QED) is 0.266. The topological polar surface area (TPSA) is 138 Å². The molecule has 0 aliphatic rings. The first kappa shape index (κ1) is 13.0. The van der Waals surface area contributed by atoms with Crippen LogP contribution in [0.4, 0.5) is 0 Å². The molecule has 0 saturated heterocycles. The van der Waals surface area contributed by atoms with Crippen LogP contribution in [0.3, 0.4) is 0 Å². The van der Waals surface area contributed by atoms with Crippen molar-refractivity contribution in [3.05, 3.63) is 0 Å². The molecule has 2 atom stereocenters. The van der Waals surface area contributed by atoms with Crippen molar-refractivity contribution in [3.8, 4) is 0 Å². The van der Waals surface area contributed by atoms with E-state index in [9.17, 15) is 19.2 Å². The Morgan fingerprint density at radius 2 is 1.80 bits per heavy atom. The zero-order valence-corrected chi connectivity index (χ0v) is 7.32. The summed E-state index contributed by atoms with van der Waals surface area (Å²) in [4.78, 5) is 41.1. The van der Waals surface area contributed by atoms with Crippen LogP contribution in [-0.2, 0) is 23.9 Å². The molecule has 8 nitrogen and oxygen atoms in total. The number of aliphatic carboxylic acids is 2. The summed E-state index contributed by atoms with van der Waals surface area (Å²) in [6.45, 7) is 0.